The molecule has 0 saturated heterocycles. The molecule has 1 atom stereocenters. The van der Waals surface area contributed by atoms with E-state index in [1.165, 1.54) is 13.1 Å². The molecule has 0 radical (unpaired) electrons. The van der Waals surface area contributed by atoms with E-state index in [9.17, 15) is 22.4 Å². The minimum absolute atomic E-state index is 0.0776. The van der Waals surface area contributed by atoms with Gasteiger partial charge < -0.3 is 14.8 Å². The van der Waals surface area contributed by atoms with Gasteiger partial charge in [-0.05, 0) is 56.7 Å². The van der Waals surface area contributed by atoms with Crippen LogP contribution >= 0.6 is 11.6 Å². The molecule has 2 aromatic carbocycles. The van der Waals surface area contributed by atoms with Gasteiger partial charge in [-0.15, -0.1) is 0 Å². The smallest absolute Gasteiger partial charge is 0.310 e. The zero-order valence-electron chi connectivity index (χ0n) is 19.2. The quantitative estimate of drug-likeness (QED) is 0.595. The first-order chi connectivity index (χ1) is 15.8. The standard InChI is InChI=1S/C23H26ClFN2O6S/c1-23(2,3)33-22(29)10-14-5-8-20-19(9-14)27(13-15(32-20)11-21(28)26-4)34(30,31)16-6-7-18(25)17(24)12-16/h5-9,12,15H,10-11,13H2,1-4H3,(H,26,28)/t15-/m1/s1. The van der Waals surface area contributed by atoms with Crippen LogP contribution in [-0.4, -0.2) is 45.6 Å². The lowest BCUT2D eigenvalue weighted by Crippen LogP contribution is -2.45. The summed E-state index contributed by atoms with van der Waals surface area (Å²) in [5.74, 6) is -1.32. The molecule has 184 valence electrons. The predicted molar refractivity (Wildman–Crippen MR) is 125 cm³/mol. The highest BCUT2D eigenvalue weighted by molar-refractivity contribution is 7.92. The predicted octanol–water partition coefficient (Wildman–Crippen LogP) is 3.46. The highest BCUT2D eigenvalue weighted by Gasteiger charge is 2.36. The van der Waals surface area contributed by atoms with Crippen molar-refractivity contribution in [3.8, 4) is 5.75 Å². The molecule has 0 spiro atoms. The number of fused-ring (bicyclic) bond motifs is 1. The Bertz CT molecular complexity index is 1210. The van der Waals surface area contributed by atoms with Gasteiger partial charge in [-0.25, -0.2) is 12.8 Å². The summed E-state index contributed by atoms with van der Waals surface area (Å²) in [6.07, 6.45) is -0.927. The molecule has 3 rings (SSSR count). The van der Waals surface area contributed by atoms with Crippen LogP contribution in [0.1, 0.15) is 32.8 Å². The number of anilines is 1. The number of ether oxygens (including phenoxy) is 2. The first-order valence-corrected chi connectivity index (χ1v) is 12.3. The van der Waals surface area contributed by atoms with E-state index in [1.54, 1.807) is 32.9 Å². The highest BCUT2D eigenvalue weighted by atomic mass is 35.5. The molecular weight excluding hydrogens is 487 g/mol. The maximum absolute atomic E-state index is 13.7. The van der Waals surface area contributed by atoms with Crippen molar-refractivity contribution in [2.75, 3.05) is 17.9 Å². The fraction of sp³-hybridized carbons (Fsp3) is 0.391. The van der Waals surface area contributed by atoms with E-state index in [-0.39, 0.29) is 46.6 Å². The third kappa shape index (κ3) is 5.98. The summed E-state index contributed by atoms with van der Waals surface area (Å²) in [7, 11) is -2.74. The molecule has 1 aliphatic rings. The fourth-order valence-electron chi connectivity index (χ4n) is 3.42. The lowest BCUT2D eigenvalue weighted by atomic mass is 10.1. The fourth-order valence-corrected chi connectivity index (χ4v) is 5.19. The van der Waals surface area contributed by atoms with Gasteiger partial charge in [0.15, 0.2) is 0 Å². The summed E-state index contributed by atoms with van der Waals surface area (Å²) in [5.41, 5.74) is 0.0342. The number of hydrogen-bond donors (Lipinski definition) is 1. The Labute approximate surface area is 203 Å². The van der Waals surface area contributed by atoms with E-state index in [4.69, 9.17) is 21.1 Å². The van der Waals surface area contributed by atoms with Crippen molar-refractivity contribution < 1.29 is 31.9 Å². The summed E-state index contributed by atoms with van der Waals surface area (Å²) in [6, 6.07) is 7.81. The van der Waals surface area contributed by atoms with Crippen molar-refractivity contribution in [3.63, 3.8) is 0 Å². The van der Waals surface area contributed by atoms with Crippen LogP contribution in [0.15, 0.2) is 41.3 Å². The SMILES string of the molecule is CNC(=O)C[C@@H]1CN(S(=O)(=O)c2ccc(F)c(Cl)c2)c2cc(CC(=O)OC(C)(C)C)ccc2O1. The number of rotatable bonds is 6. The Hall–Kier alpha value is -2.85. The maximum Gasteiger partial charge on any atom is 0.310 e. The van der Waals surface area contributed by atoms with Gasteiger partial charge in [0.2, 0.25) is 5.91 Å². The van der Waals surface area contributed by atoms with E-state index in [0.717, 1.165) is 22.5 Å². The second kappa shape index (κ2) is 9.79. The van der Waals surface area contributed by atoms with Crippen LogP contribution < -0.4 is 14.4 Å². The number of sulfonamides is 1. The van der Waals surface area contributed by atoms with Gasteiger partial charge in [0.1, 0.15) is 23.3 Å². The van der Waals surface area contributed by atoms with Crippen molar-refractivity contribution in [2.24, 2.45) is 0 Å². The second-order valence-electron chi connectivity index (χ2n) is 8.79. The van der Waals surface area contributed by atoms with Crippen LogP contribution in [0.25, 0.3) is 0 Å². The van der Waals surface area contributed by atoms with Crippen molar-refractivity contribution in [1.29, 1.82) is 0 Å². The number of nitrogens with zero attached hydrogens (tertiary/aromatic N) is 1. The van der Waals surface area contributed by atoms with Crippen LogP contribution in [0.4, 0.5) is 10.1 Å². The average molecular weight is 513 g/mol. The molecule has 1 N–H and O–H groups in total. The molecule has 1 amide bonds. The van der Waals surface area contributed by atoms with E-state index >= 15 is 0 Å². The van der Waals surface area contributed by atoms with Crippen LogP contribution in [0.5, 0.6) is 5.75 Å². The number of hydrogen-bond acceptors (Lipinski definition) is 6. The topological polar surface area (TPSA) is 102 Å². The molecule has 34 heavy (non-hydrogen) atoms. The molecule has 8 nitrogen and oxygen atoms in total. The van der Waals surface area contributed by atoms with E-state index in [0.29, 0.717) is 5.56 Å². The van der Waals surface area contributed by atoms with Gasteiger partial charge in [0.25, 0.3) is 10.0 Å². The van der Waals surface area contributed by atoms with Crippen LogP contribution in [0.3, 0.4) is 0 Å². The van der Waals surface area contributed by atoms with Crippen molar-refractivity contribution in [1.82, 2.24) is 5.32 Å². The van der Waals surface area contributed by atoms with Crippen LogP contribution in [-0.2, 0) is 30.8 Å². The van der Waals surface area contributed by atoms with Crippen LogP contribution in [0.2, 0.25) is 5.02 Å². The first-order valence-electron chi connectivity index (χ1n) is 10.5. The molecule has 1 heterocycles. The summed E-state index contributed by atoms with van der Waals surface area (Å²) in [6.45, 7) is 5.08. The number of carbonyl (C=O) groups excluding carboxylic acids is 2. The zero-order valence-corrected chi connectivity index (χ0v) is 20.8. The third-order valence-electron chi connectivity index (χ3n) is 4.89. The average Bonchev–Trinajstić information content (AvgIpc) is 2.73. The lowest BCUT2D eigenvalue weighted by Gasteiger charge is -2.35. The first kappa shape index (κ1) is 25.8. The molecule has 0 unspecified atom stereocenters. The van der Waals surface area contributed by atoms with Crippen molar-refractivity contribution >= 4 is 39.2 Å². The molecule has 0 aliphatic carbocycles. The van der Waals surface area contributed by atoms with Crippen molar-refractivity contribution in [3.05, 3.63) is 52.8 Å². The molecule has 0 fully saturated rings. The van der Waals surface area contributed by atoms with E-state index in [2.05, 4.69) is 5.32 Å². The second-order valence-corrected chi connectivity index (χ2v) is 11.1. The number of nitrogens with one attached hydrogen (secondary N) is 1. The Morgan fingerprint density at radius 1 is 1.24 bits per heavy atom. The largest absolute Gasteiger partial charge is 0.486 e. The van der Waals surface area contributed by atoms with Crippen molar-refractivity contribution in [2.45, 2.75) is 50.2 Å². The minimum Gasteiger partial charge on any atom is -0.486 e. The highest BCUT2D eigenvalue weighted by Crippen LogP contribution is 2.39. The van der Waals surface area contributed by atoms with Gasteiger partial charge >= 0.3 is 5.97 Å². The van der Waals surface area contributed by atoms with Gasteiger partial charge in [0.05, 0.1) is 35.0 Å². The zero-order chi connectivity index (χ0) is 25.3. The lowest BCUT2D eigenvalue weighted by molar-refractivity contribution is -0.153. The molecular formula is C23H26ClFN2O6S. The van der Waals surface area contributed by atoms with Gasteiger partial charge in [-0.2, -0.15) is 0 Å². The van der Waals surface area contributed by atoms with Crippen LogP contribution in [0, 0.1) is 5.82 Å². The molecule has 0 aromatic heterocycles. The number of amides is 1. The van der Waals surface area contributed by atoms with Gasteiger partial charge in [0, 0.05) is 7.05 Å². The Balaban J connectivity index is 2.02. The molecule has 11 heteroatoms. The van der Waals surface area contributed by atoms with E-state index in [1.807, 2.05) is 0 Å². The number of benzene rings is 2. The Kier molecular flexibility index (Phi) is 7.42. The number of esters is 1. The van der Waals surface area contributed by atoms with Gasteiger partial charge in [-0.3, -0.25) is 13.9 Å². The molecule has 2 aromatic rings. The summed E-state index contributed by atoms with van der Waals surface area (Å²) in [4.78, 5) is 24.0. The summed E-state index contributed by atoms with van der Waals surface area (Å²) < 4.78 is 53.0. The number of carbonyl (C=O) groups is 2. The monoisotopic (exact) mass is 512 g/mol. The summed E-state index contributed by atoms with van der Waals surface area (Å²) in [5, 5.41) is 2.15. The van der Waals surface area contributed by atoms with E-state index < -0.39 is 33.5 Å². The maximum atomic E-state index is 13.7. The van der Waals surface area contributed by atoms with Gasteiger partial charge in [-0.1, -0.05) is 17.7 Å². The Morgan fingerprint density at radius 2 is 1.94 bits per heavy atom. The molecule has 0 bridgehead atoms. The normalized spacial score (nSPS) is 15.8. The number of halogens is 2. The molecule has 0 saturated carbocycles. The Morgan fingerprint density at radius 3 is 2.56 bits per heavy atom. The summed E-state index contributed by atoms with van der Waals surface area (Å²) >= 11 is 5.82. The molecule has 1 aliphatic heterocycles. The minimum atomic E-state index is -4.21. The third-order valence-corrected chi connectivity index (χ3v) is 6.96.